The van der Waals surface area contributed by atoms with Crippen molar-refractivity contribution in [1.29, 1.82) is 0 Å². The van der Waals surface area contributed by atoms with Gasteiger partial charge in [0.1, 0.15) is 5.82 Å². The Morgan fingerprint density at radius 3 is 2.68 bits per heavy atom. The Morgan fingerprint density at radius 1 is 1.26 bits per heavy atom. The Bertz CT molecular complexity index is 594. The number of benzene rings is 1. The maximum atomic E-state index is 13.5. The maximum Gasteiger partial charge on any atom is 0.248 e. The fourth-order valence-corrected chi connectivity index (χ4v) is 1.67. The minimum absolute atomic E-state index is 0.189. The average molecular weight is 277 g/mol. The number of pyridine rings is 1. The first kappa shape index (κ1) is 13.2. The van der Waals surface area contributed by atoms with E-state index < -0.39 is 5.82 Å². The van der Waals surface area contributed by atoms with Crippen LogP contribution in [0.1, 0.15) is 5.56 Å². The number of halogens is 2. The Labute approximate surface area is 114 Å². The molecule has 1 heterocycles. The number of hydrogen-bond donors (Lipinski definition) is 1. The highest BCUT2D eigenvalue weighted by atomic mass is 35.5. The van der Waals surface area contributed by atoms with Crippen LogP contribution in [-0.4, -0.2) is 10.9 Å². The maximum absolute atomic E-state index is 13.5. The van der Waals surface area contributed by atoms with E-state index in [2.05, 4.69) is 10.3 Å². The highest BCUT2D eigenvalue weighted by molar-refractivity contribution is 6.32. The molecule has 1 amide bonds. The molecule has 0 aliphatic heterocycles. The second-order valence-electron chi connectivity index (χ2n) is 3.69. The zero-order chi connectivity index (χ0) is 13.7. The lowest BCUT2D eigenvalue weighted by molar-refractivity contribution is -0.111. The van der Waals surface area contributed by atoms with Gasteiger partial charge < -0.3 is 5.32 Å². The third-order valence-corrected chi connectivity index (χ3v) is 2.68. The van der Waals surface area contributed by atoms with Crippen LogP contribution in [0.4, 0.5) is 10.1 Å². The average Bonchev–Trinajstić information content (AvgIpc) is 2.39. The second kappa shape index (κ2) is 6.11. The van der Waals surface area contributed by atoms with Crippen molar-refractivity contribution in [2.75, 3.05) is 5.32 Å². The molecule has 0 fully saturated rings. The van der Waals surface area contributed by atoms with E-state index in [1.807, 2.05) is 0 Å². The molecule has 1 aromatic carbocycles. The molecule has 3 nitrogen and oxygen atoms in total. The summed E-state index contributed by atoms with van der Waals surface area (Å²) in [5.41, 5.74) is 0.804. The van der Waals surface area contributed by atoms with Crippen LogP contribution in [0.25, 0.3) is 6.08 Å². The summed E-state index contributed by atoms with van der Waals surface area (Å²) in [4.78, 5) is 15.5. The summed E-state index contributed by atoms with van der Waals surface area (Å²) in [6.45, 7) is 0. The summed E-state index contributed by atoms with van der Waals surface area (Å²) in [7, 11) is 0. The van der Waals surface area contributed by atoms with E-state index in [1.54, 1.807) is 30.6 Å². The zero-order valence-corrected chi connectivity index (χ0v) is 10.6. The number of carbonyl (C=O) groups is 1. The first-order valence-corrected chi connectivity index (χ1v) is 5.88. The molecule has 0 radical (unpaired) electrons. The van der Waals surface area contributed by atoms with Crippen LogP contribution in [0.2, 0.25) is 5.02 Å². The largest absolute Gasteiger partial charge is 0.322 e. The lowest BCUT2D eigenvalue weighted by atomic mass is 10.2. The first-order chi connectivity index (χ1) is 9.16. The molecular weight excluding hydrogens is 267 g/mol. The molecule has 0 aliphatic rings. The number of aromatic nitrogens is 1. The molecule has 2 rings (SSSR count). The Balaban J connectivity index is 2.09. The van der Waals surface area contributed by atoms with Crippen molar-refractivity contribution in [2.45, 2.75) is 0 Å². The standard InChI is InChI=1S/C14H10ClFN2O/c15-12-2-1-3-13(16)11(12)4-5-14(19)18-10-6-8-17-9-7-10/h1-9H,(H,17,18,19)/b5-4+. The van der Waals surface area contributed by atoms with E-state index in [9.17, 15) is 9.18 Å². The molecule has 1 aromatic heterocycles. The molecule has 1 N–H and O–H groups in total. The van der Waals surface area contributed by atoms with Gasteiger partial charge in [-0.2, -0.15) is 0 Å². The molecule has 19 heavy (non-hydrogen) atoms. The molecule has 0 spiro atoms. The van der Waals surface area contributed by atoms with Crippen LogP contribution < -0.4 is 5.32 Å². The molecule has 0 aliphatic carbocycles. The minimum atomic E-state index is -0.472. The second-order valence-corrected chi connectivity index (χ2v) is 4.10. The summed E-state index contributed by atoms with van der Waals surface area (Å²) in [5.74, 6) is -0.842. The van der Waals surface area contributed by atoms with Crippen LogP contribution in [-0.2, 0) is 4.79 Å². The van der Waals surface area contributed by atoms with Gasteiger partial charge in [-0.25, -0.2) is 4.39 Å². The lowest BCUT2D eigenvalue weighted by Crippen LogP contribution is -2.07. The Morgan fingerprint density at radius 2 is 2.00 bits per heavy atom. The molecule has 96 valence electrons. The third kappa shape index (κ3) is 3.63. The third-order valence-electron chi connectivity index (χ3n) is 2.35. The van der Waals surface area contributed by atoms with E-state index >= 15 is 0 Å². The van der Waals surface area contributed by atoms with Crippen molar-refractivity contribution in [3.05, 3.63) is 65.2 Å². The summed E-state index contributed by atoms with van der Waals surface area (Å²) in [6, 6.07) is 7.66. The lowest BCUT2D eigenvalue weighted by Gasteiger charge is -2.01. The number of rotatable bonds is 3. The number of nitrogens with zero attached hydrogens (tertiary/aromatic N) is 1. The van der Waals surface area contributed by atoms with Crippen LogP contribution in [0.5, 0.6) is 0 Å². The summed E-state index contributed by atoms with van der Waals surface area (Å²) in [6.07, 6.45) is 5.69. The molecular formula is C14H10ClFN2O. The van der Waals surface area contributed by atoms with Gasteiger partial charge in [0, 0.05) is 29.7 Å². The van der Waals surface area contributed by atoms with Crippen molar-refractivity contribution in [1.82, 2.24) is 4.98 Å². The van der Waals surface area contributed by atoms with Crippen molar-refractivity contribution >= 4 is 29.3 Å². The molecule has 2 aromatic rings. The normalized spacial score (nSPS) is 10.6. The van der Waals surface area contributed by atoms with E-state index in [-0.39, 0.29) is 16.5 Å². The minimum Gasteiger partial charge on any atom is -0.322 e. The number of nitrogens with one attached hydrogen (secondary N) is 1. The fraction of sp³-hybridized carbons (Fsp3) is 0. The fourth-order valence-electron chi connectivity index (χ4n) is 1.45. The first-order valence-electron chi connectivity index (χ1n) is 5.50. The monoisotopic (exact) mass is 276 g/mol. The predicted molar refractivity (Wildman–Crippen MR) is 73.3 cm³/mol. The van der Waals surface area contributed by atoms with Gasteiger partial charge in [-0.3, -0.25) is 9.78 Å². The van der Waals surface area contributed by atoms with Crippen molar-refractivity contribution < 1.29 is 9.18 Å². The number of hydrogen-bond acceptors (Lipinski definition) is 2. The molecule has 0 saturated heterocycles. The predicted octanol–water partition coefficient (Wildman–Crippen LogP) is 3.53. The van der Waals surface area contributed by atoms with E-state index in [4.69, 9.17) is 11.6 Å². The van der Waals surface area contributed by atoms with E-state index in [0.29, 0.717) is 5.69 Å². The van der Waals surface area contributed by atoms with Gasteiger partial charge in [0.25, 0.3) is 0 Å². The van der Waals surface area contributed by atoms with Crippen LogP contribution >= 0.6 is 11.6 Å². The molecule has 0 bridgehead atoms. The molecule has 0 unspecified atom stereocenters. The van der Waals surface area contributed by atoms with Crippen LogP contribution in [0, 0.1) is 5.82 Å². The highest BCUT2D eigenvalue weighted by Gasteiger charge is 2.04. The van der Waals surface area contributed by atoms with Gasteiger partial charge in [0.2, 0.25) is 5.91 Å². The van der Waals surface area contributed by atoms with Gasteiger partial charge in [-0.1, -0.05) is 17.7 Å². The Kier molecular flexibility index (Phi) is 4.26. The molecule has 5 heteroatoms. The van der Waals surface area contributed by atoms with Crippen molar-refractivity contribution in [2.24, 2.45) is 0 Å². The van der Waals surface area contributed by atoms with Crippen molar-refractivity contribution in [3.63, 3.8) is 0 Å². The molecule has 0 saturated carbocycles. The topological polar surface area (TPSA) is 42.0 Å². The van der Waals surface area contributed by atoms with Crippen LogP contribution in [0.15, 0.2) is 48.8 Å². The molecule has 0 atom stereocenters. The SMILES string of the molecule is O=C(/C=C/c1c(F)cccc1Cl)Nc1ccncc1. The Hall–Kier alpha value is -2.20. The van der Waals surface area contributed by atoms with Crippen molar-refractivity contribution in [3.8, 4) is 0 Å². The quantitative estimate of drug-likeness (QED) is 0.872. The summed E-state index contributed by atoms with van der Waals surface area (Å²) >= 11 is 5.84. The summed E-state index contributed by atoms with van der Waals surface area (Å²) in [5, 5.41) is 2.88. The van der Waals surface area contributed by atoms with Gasteiger partial charge in [-0.15, -0.1) is 0 Å². The van der Waals surface area contributed by atoms with E-state index in [0.717, 1.165) is 0 Å². The van der Waals surface area contributed by atoms with Gasteiger partial charge >= 0.3 is 0 Å². The van der Waals surface area contributed by atoms with Gasteiger partial charge in [0.15, 0.2) is 0 Å². The van der Waals surface area contributed by atoms with Gasteiger partial charge in [0.05, 0.1) is 5.02 Å². The summed E-state index contributed by atoms with van der Waals surface area (Å²) < 4.78 is 13.5. The highest BCUT2D eigenvalue weighted by Crippen LogP contribution is 2.20. The number of anilines is 1. The van der Waals surface area contributed by atoms with E-state index in [1.165, 1.54) is 24.3 Å². The smallest absolute Gasteiger partial charge is 0.248 e. The number of amides is 1. The number of carbonyl (C=O) groups excluding carboxylic acids is 1. The van der Waals surface area contributed by atoms with Crippen LogP contribution in [0.3, 0.4) is 0 Å². The van der Waals surface area contributed by atoms with Gasteiger partial charge in [-0.05, 0) is 30.3 Å². The zero-order valence-electron chi connectivity index (χ0n) is 9.81.